The van der Waals surface area contributed by atoms with E-state index in [0.717, 1.165) is 7.05 Å². The molecule has 0 atom stereocenters. The molecule has 11 heteroatoms. The molecule has 0 saturated heterocycles. The molecule has 24 heavy (non-hydrogen) atoms. The lowest BCUT2D eigenvalue weighted by atomic mass is 9.76. The van der Waals surface area contributed by atoms with Crippen LogP contribution in [0.4, 0.5) is 17.6 Å². The molecule has 0 aromatic heterocycles. The molecule has 0 aromatic carbocycles. The minimum atomic E-state index is -5.55. The molecule has 1 N–H and O–H groups in total. The number of rotatable bonds is 5. The maximum Gasteiger partial charge on any atom is 0.511 e. The Morgan fingerprint density at radius 1 is 1.29 bits per heavy atom. The fraction of sp³-hybridized carbons (Fsp3) is 0.769. The van der Waals surface area contributed by atoms with Gasteiger partial charge in [0.05, 0.1) is 5.60 Å². The van der Waals surface area contributed by atoms with Crippen LogP contribution < -0.4 is 0 Å². The van der Waals surface area contributed by atoms with Gasteiger partial charge in [-0.2, -0.15) is 21.9 Å². The van der Waals surface area contributed by atoms with Crippen LogP contribution in [0.15, 0.2) is 12.4 Å². The summed E-state index contributed by atoms with van der Waals surface area (Å²) in [4.78, 5) is 11.2. The lowest BCUT2D eigenvalue weighted by Gasteiger charge is -2.42. The molecule has 1 rings (SSSR count). The van der Waals surface area contributed by atoms with Gasteiger partial charge in [-0.3, -0.25) is 0 Å². The molecule has 0 aromatic rings. The first-order valence-corrected chi connectivity index (χ1v) is 8.39. The molecule has 0 bridgehead atoms. The summed E-state index contributed by atoms with van der Waals surface area (Å²) >= 11 is 0. The first kappa shape index (κ1) is 20.8. The number of hydrogen-bond acceptors (Lipinski definition) is 5. The van der Waals surface area contributed by atoms with Crippen molar-refractivity contribution in [3.05, 3.63) is 12.4 Å². The molecule has 140 valence electrons. The third-order valence-corrected chi connectivity index (χ3v) is 5.55. The highest BCUT2D eigenvalue weighted by Crippen LogP contribution is 2.39. The first-order valence-electron chi connectivity index (χ1n) is 6.95. The number of likely N-dealkylation sites (N-methyl/N-ethyl adjacent to an activating group) is 1. The van der Waals surface area contributed by atoms with E-state index in [1.165, 1.54) is 6.92 Å². The van der Waals surface area contributed by atoms with Crippen molar-refractivity contribution >= 4 is 16.0 Å². The zero-order valence-corrected chi connectivity index (χ0v) is 14.0. The van der Waals surface area contributed by atoms with E-state index in [9.17, 15) is 35.9 Å². The number of aliphatic hydroxyl groups is 1. The molecule has 0 heterocycles. The fourth-order valence-electron chi connectivity index (χ4n) is 2.46. The molecule has 1 aliphatic rings. The van der Waals surface area contributed by atoms with Gasteiger partial charge in [-0.25, -0.2) is 13.2 Å². The average molecular weight is 377 g/mol. The van der Waals surface area contributed by atoms with Crippen molar-refractivity contribution in [1.82, 2.24) is 4.31 Å². The van der Waals surface area contributed by atoms with Crippen LogP contribution in [-0.2, 0) is 19.6 Å². The summed E-state index contributed by atoms with van der Waals surface area (Å²) in [5.74, 6) is -2.53. The Kier molecular flexibility index (Phi) is 5.73. The van der Waals surface area contributed by atoms with Gasteiger partial charge in [0.2, 0.25) is 5.83 Å². The Bertz CT molecular complexity index is 608. The third kappa shape index (κ3) is 4.67. The molecular formula is C13H19F4NO5S. The Labute approximate surface area is 137 Å². The third-order valence-electron chi connectivity index (χ3n) is 4.02. The fourth-order valence-corrected chi connectivity index (χ4v) is 3.22. The Balaban J connectivity index is 2.75. The second-order valence-corrected chi connectivity index (χ2v) is 8.21. The predicted octanol–water partition coefficient (Wildman–Crippen LogP) is 1.86. The van der Waals surface area contributed by atoms with Gasteiger partial charge in [0.1, 0.15) is 5.60 Å². The van der Waals surface area contributed by atoms with Gasteiger partial charge >= 0.3 is 21.5 Å². The largest absolute Gasteiger partial charge is 0.511 e. The van der Waals surface area contributed by atoms with Crippen LogP contribution in [0.5, 0.6) is 0 Å². The number of esters is 1. The topological polar surface area (TPSA) is 83.9 Å². The van der Waals surface area contributed by atoms with Gasteiger partial charge in [0.25, 0.3) is 0 Å². The maximum absolute atomic E-state index is 12.7. The lowest BCUT2D eigenvalue weighted by molar-refractivity contribution is -0.164. The zero-order chi connectivity index (χ0) is 19.0. The van der Waals surface area contributed by atoms with Crippen LogP contribution >= 0.6 is 0 Å². The molecule has 0 unspecified atom stereocenters. The monoisotopic (exact) mass is 377 g/mol. The number of carbonyl (C=O) groups is 1. The van der Waals surface area contributed by atoms with Gasteiger partial charge in [-0.15, -0.1) is 0 Å². The molecule has 1 aliphatic carbocycles. The lowest BCUT2D eigenvalue weighted by Crippen LogP contribution is -2.51. The number of ether oxygens (including phenoxy) is 1. The van der Waals surface area contributed by atoms with Gasteiger partial charge < -0.3 is 9.84 Å². The molecule has 0 aliphatic heterocycles. The number of carbonyl (C=O) groups excluding carboxylic acids is 1. The molecule has 6 nitrogen and oxygen atoms in total. The van der Waals surface area contributed by atoms with E-state index in [1.807, 2.05) is 0 Å². The van der Waals surface area contributed by atoms with E-state index in [0.29, 0.717) is 0 Å². The van der Waals surface area contributed by atoms with Gasteiger partial charge in [-0.05, 0) is 32.6 Å². The minimum absolute atomic E-state index is 0.0302. The minimum Gasteiger partial charge on any atom is -0.454 e. The molecule has 0 radical (unpaired) electrons. The van der Waals surface area contributed by atoms with Crippen molar-refractivity contribution in [1.29, 1.82) is 0 Å². The molecular weight excluding hydrogens is 358 g/mol. The second kappa shape index (κ2) is 6.60. The van der Waals surface area contributed by atoms with E-state index < -0.39 is 45.1 Å². The zero-order valence-electron chi connectivity index (χ0n) is 13.2. The van der Waals surface area contributed by atoms with Gasteiger partial charge in [0.15, 0.2) is 0 Å². The number of hydrogen-bond donors (Lipinski definition) is 1. The highest BCUT2D eigenvalue weighted by Gasteiger charge is 2.51. The van der Waals surface area contributed by atoms with E-state index in [2.05, 4.69) is 6.58 Å². The summed E-state index contributed by atoms with van der Waals surface area (Å²) in [7, 11) is -4.82. The number of sulfonamides is 1. The van der Waals surface area contributed by atoms with E-state index in [1.54, 1.807) is 0 Å². The summed E-state index contributed by atoms with van der Waals surface area (Å²) < 4.78 is 77.7. The van der Waals surface area contributed by atoms with Crippen molar-refractivity contribution in [2.75, 3.05) is 13.6 Å². The Morgan fingerprint density at radius 2 is 1.75 bits per heavy atom. The highest BCUT2D eigenvalue weighted by atomic mass is 32.2. The average Bonchev–Trinajstić information content (AvgIpc) is 2.41. The SMILES string of the molecule is C=C(F)C(=O)OC1(C)CCC(O)(CN(C)S(=O)(=O)C(F)(F)F)CC1. The van der Waals surface area contributed by atoms with Crippen LogP contribution in [0, 0.1) is 0 Å². The van der Waals surface area contributed by atoms with Crippen molar-refractivity contribution in [3.63, 3.8) is 0 Å². The summed E-state index contributed by atoms with van der Waals surface area (Å²) in [6, 6.07) is 0. The van der Waals surface area contributed by atoms with Crippen molar-refractivity contribution in [3.8, 4) is 0 Å². The predicted molar refractivity (Wildman–Crippen MR) is 75.8 cm³/mol. The molecule has 0 spiro atoms. The van der Waals surface area contributed by atoms with Crippen molar-refractivity contribution < 1.29 is 40.6 Å². The van der Waals surface area contributed by atoms with Crippen LogP contribution in [0.1, 0.15) is 32.6 Å². The second-order valence-electron chi connectivity index (χ2n) is 6.18. The smallest absolute Gasteiger partial charge is 0.454 e. The highest BCUT2D eigenvalue weighted by molar-refractivity contribution is 7.89. The van der Waals surface area contributed by atoms with E-state index in [4.69, 9.17) is 4.74 Å². The summed E-state index contributed by atoms with van der Waals surface area (Å²) in [6.07, 6.45) is -0.175. The van der Waals surface area contributed by atoms with Gasteiger partial charge in [0, 0.05) is 13.6 Å². The Morgan fingerprint density at radius 3 is 2.12 bits per heavy atom. The number of alkyl halides is 3. The van der Waals surface area contributed by atoms with Crippen LogP contribution in [-0.4, -0.2) is 54.1 Å². The van der Waals surface area contributed by atoms with Crippen LogP contribution in [0.2, 0.25) is 0 Å². The first-order chi connectivity index (χ1) is 10.6. The van der Waals surface area contributed by atoms with E-state index >= 15 is 0 Å². The van der Waals surface area contributed by atoms with Gasteiger partial charge in [-0.1, -0.05) is 6.58 Å². The molecule has 0 amide bonds. The van der Waals surface area contributed by atoms with E-state index in [-0.39, 0.29) is 30.0 Å². The normalized spacial score (nSPS) is 28.7. The Hall–Kier alpha value is -1.20. The molecule has 1 fully saturated rings. The quantitative estimate of drug-likeness (QED) is 0.449. The maximum atomic E-state index is 12.7. The van der Waals surface area contributed by atoms with Crippen LogP contribution in [0.25, 0.3) is 0 Å². The summed E-state index contributed by atoms with van der Waals surface area (Å²) in [5.41, 5.74) is -8.27. The molecule has 1 saturated carbocycles. The number of nitrogens with zero attached hydrogens (tertiary/aromatic N) is 1. The van der Waals surface area contributed by atoms with Crippen molar-refractivity contribution in [2.24, 2.45) is 0 Å². The summed E-state index contributed by atoms with van der Waals surface area (Å²) in [5, 5.41) is 10.3. The standard InChI is InChI=1S/C13H19F4NO5S/c1-9(14)10(19)23-11(2)4-6-12(20,7-5-11)8-18(3)24(21,22)13(15,16)17/h20H,1,4-8H2,2-3H3. The summed E-state index contributed by atoms with van der Waals surface area (Å²) in [6.45, 7) is 3.53. The van der Waals surface area contributed by atoms with Crippen LogP contribution in [0.3, 0.4) is 0 Å². The number of halogens is 4. The van der Waals surface area contributed by atoms with Crippen molar-refractivity contribution in [2.45, 2.75) is 49.3 Å².